The first-order chi connectivity index (χ1) is 12.8. The molecule has 0 aliphatic carbocycles. The molecule has 0 spiro atoms. The Hall–Kier alpha value is -3.32. The number of hydrogen-bond donors (Lipinski definition) is 2. The molecule has 0 unspecified atom stereocenters. The Morgan fingerprint density at radius 3 is 2.59 bits per heavy atom. The molecule has 3 aromatic rings. The molecule has 1 aromatic heterocycles. The fourth-order valence-electron chi connectivity index (χ4n) is 2.72. The Balaban J connectivity index is 1.85. The predicted octanol–water partition coefficient (Wildman–Crippen LogP) is 2.61. The van der Waals surface area contributed by atoms with E-state index in [4.69, 9.17) is 11.5 Å². The number of nitrogen functional groups attached to an aromatic ring is 1. The third-order valence-corrected chi connectivity index (χ3v) is 5.57. The first kappa shape index (κ1) is 18.5. The summed E-state index contributed by atoms with van der Waals surface area (Å²) >= 11 is 0. The van der Waals surface area contributed by atoms with Gasteiger partial charge in [-0.05, 0) is 41.0 Å². The van der Waals surface area contributed by atoms with Crippen molar-refractivity contribution < 1.29 is 13.2 Å². The van der Waals surface area contributed by atoms with Gasteiger partial charge in [-0.25, -0.2) is 8.42 Å². The molecule has 1 heterocycles. The van der Waals surface area contributed by atoms with Crippen LogP contribution in [0, 0.1) is 0 Å². The number of nitrogens with two attached hydrogens (primary N) is 2. The van der Waals surface area contributed by atoms with Crippen molar-refractivity contribution in [2.24, 2.45) is 5.73 Å². The maximum absolute atomic E-state index is 12.7. The van der Waals surface area contributed by atoms with Gasteiger partial charge >= 0.3 is 0 Å². The van der Waals surface area contributed by atoms with Crippen LogP contribution in [-0.4, -0.2) is 18.3 Å². The minimum Gasteiger partial charge on any atom is -0.398 e. The van der Waals surface area contributed by atoms with E-state index < -0.39 is 15.9 Å². The Morgan fingerprint density at radius 2 is 1.85 bits per heavy atom. The largest absolute Gasteiger partial charge is 0.398 e. The number of anilines is 1. The quantitative estimate of drug-likeness (QED) is 0.505. The zero-order valence-corrected chi connectivity index (χ0v) is 15.3. The molecule has 0 aliphatic heterocycles. The van der Waals surface area contributed by atoms with Crippen LogP contribution in [0.2, 0.25) is 0 Å². The molecule has 0 radical (unpaired) electrons. The van der Waals surface area contributed by atoms with E-state index in [2.05, 4.69) is 0 Å². The molecule has 0 atom stereocenters. The van der Waals surface area contributed by atoms with Crippen molar-refractivity contribution in [2.75, 3.05) is 5.73 Å². The minimum absolute atomic E-state index is 0.165. The second-order valence-corrected chi connectivity index (χ2v) is 7.93. The highest BCUT2D eigenvalue weighted by Crippen LogP contribution is 2.26. The van der Waals surface area contributed by atoms with Gasteiger partial charge in [0.15, 0.2) is 0 Å². The van der Waals surface area contributed by atoms with Crippen molar-refractivity contribution >= 4 is 27.7 Å². The molecule has 0 saturated carbocycles. The number of carbonyl (C=O) groups excluding carboxylic acids is 1. The van der Waals surface area contributed by atoms with Crippen LogP contribution in [0.3, 0.4) is 0 Å². The topological polar surface area (TPSA) is 108 Å². The predicted molar refractivity (Wildman–Crippen MR) is 107 cm³/mol. The van der Waals surface area contributed by atoms with Crippen LogP contribution >= 0.6 is 0 Å². The summed E-state index contributed by atoms with van der Waals surface area (Å²) in [7, 11) is -3.60. The van der Waals surface area contributed by atoms with Crippen molar-refractivity contribution in [3.8, 4) is 11.1 Å². The van der Waals surface area contributed by atoms with E-state index in [-0.39, 0.29) is 5.75 Å². The standard InChI is InChI=1S/C20H19N3O3S/c21-19-7-2-1-6-18(19)17-5-3-4-16(12-17)14-27(25,26)23-11-10-15(13-23)8-9-20(22)24/h1-13H,14,21H2,(H2,22,24)/b9-8+. The summed E-state index contributed by atoms with van der Waals surface area (Å²) in [6.45, 7) is 0. The molecule has 0 bridgehead atoms. The summed E-state index contributed by atoms with van der Waals surface area (Å²) in [5, 5.41) is 0. The van der Waals surface area contributed by atoms with Gasteiger partial charge in [0.05, 0.1) is 5.75 Å². The van der Waals surface area contributed by atoms with E-state index in [0.717, 1.165) is 15.1 Å². The zero-order valence-electron chi connectivity index (χ0n) is 14.4. The number of benzene rings is 2. The summed E-state index contributed by atoms with van der Waals surface area (Å²) in [5.41, 5.74) is 14.6. The smallest absolute Gasteiger partial charge is 0.242 e. The minimum atomic E-state index is -3.60. The zero-order chi connectivity index (χ0) is 19.4. The van der Waals surface area contributed by atoms with Crippen LogP contribution in [0.25, 0.3) is 17.2 Å². The van der Waals surface area contributed by atoms with E-state index >= 15 is 0 Å². The van der Waals surface area contributed by atoms with Gasteiger partial charge in [0, 0.05) is 29.7 Å². The molecule has 4 N–H and O–H groups in total. The van der Waals surface area contributed by atoms with Gasteiger partial charge in [-0.15, -0.1) is 0 Å². The molecule has 0 saturated heterocycles. The van der Waals surface area contributed by atoms with Crippen LogP contribution in [0.5, 0.6) is 0 Å². The van der Waals surface area contributed by atoms with E-state index in [0.29, 0.717) is 16.8 Å². The van der Waals surface area contributed by atoms with Crippen LogP contribution in [0.15, 0.2) is 73.1 Å². The molecule has 138 valence electrons. The highest BCUT2D eigenvalue weighted by Gasteiger charge is 2.15. The van der Waals surface area contributed by atoms with E-state index in [9.17, 15) is 13.2 Å². The summed E-state index contributed by atoms with van der Waals surface area (Å²) < 4.78 is 26.5. The number of primary amides is 1. The van der Waals surface area contributed by atoms with Crippen molar-refractivity contribution in [2.45, 2.75) is 5.75 Å². The average Bonchev–Trinajstić information content (AvgIpc) is 3.10. The SMILES string of the molecule is NC(=O)/C=C/c1ccn(S(=O)(=O)Cc2cccc(-c3ccccc3N)c2)c1. The summed E-state index contributed by atoms with van der Waals surface area (Å²) in [5.74, 6) is -0.760. The molecular weight excluding hydrogens is 362 g/mol. The molecule has 6 nitrogen and oxygen atoms in total. The molecule has 3 rings (SSSR count). The number of hydrogen-bond acceptors (Lipinski definition) is 4. The fourth-order valence-corrected chi connectivity index (χ4v) is 3.99. The molecule has 0 aliphatic rings. The summed E-state index contributed by atoms with van der Waals surface area (Å²) in [6, 6.07) is 16.3. The second-order valence-electron chi connectivity index (χ2n) is 6.05. The van der Waals surface area contributed by atoms with Crippen LogP contribution in [-0.2, 0) is 20.6 Å². The Kier molecular flexibility index (Phi) is 5.14. The van der Waals surface area contributed by atoms with Gasteiger partial charge in [-0.3, -0.25) is 8.77 Å². The Morgan fingerprint density at radius 1 is 1.07 bits per heavy atom. The lowest BCUT2D eigenvalue weighted by Crippen LogP contribution is -2.13. The maximum Gasteiger partial charge on any atom is 0.242 e. The van der Waals surface area contributed by atoms with Gasteiger partial charge < -0.3 is 11.5 Å². The van der Waals surface area contributed by atoms with Crippen LogP contribution in [0.4, 0.5) is 5.69 Å². The van der Waals surface area contributed by atoms with Gasteiger partial charge in [0.1, 0.15) is 0 Å². The van der Waals surface area contributed by atoms with E-state index in [1.165, 1.54) is 24.5 Å². The molecule has 1 amide bonds. The number of rotatable bonds is 6. The van der Waals surface area contributed by atoms with Gasteiger partial charge in [0.2, 0.25) is 15.9 Å². The Labute approximate surface area is 157 Å². The summed E-state index contributed by atoms with van der Waals surface area (Å²) in [4.78, 5) is 10.8. The second kappa shape index (κ2) is 7.51. The maximum atomic E-state index is 12.7. The molecule has 0 fully saturated rings. The first-order valence-corrected chi connectivity index (χ1v) is 9.79. The van der Waals surface area contributed by atoms with E-state index in [1.54, 1.807) is 18.2 Å². The first-order valence-electron chi connectivity index (χ1n) is 8.18. The highest BCUT2D eigenvalue weighted by atomic mass is 32.2. The lowest BCUT2D eigenvalue weighted by Gasteiger charge is -2.09. The molecule has 27 heavy (non-hydrogen) atoms. The lowest BCUT2D eigenvalue weighted by molar-refractivity contribution is -0.113. The van der Waals surface area contributed by atoms with Crippen molar-refractivity contribution in [3.05, 3.63) is 84.2 Å². The number of carbonyl (C=O) groups is 1. The Bertz CT molecular complexity index is 1110. The van der Waals surface area contributed by atoms with Crippen molar-refractivity contribution in [1.82, 2.24) is 3.97 Å². The molecule has 2 aromatic carbocycles. The molecule has 7 heteroatoms. The van der Waals surface area contributed by atoms with Crippen LogP contribution < -0.4 is 11.5 Å². The lowest BCUT2D eigenvalue weighted by atomic mass is 10.0. The van der Waals surface area contributed by atoms with E-state index in [1.807, 2.05) is 36.4 Å². The van der Waals surface area contributed by atoms with Gasteiger partial charge in [-0.1, -0.05) is 36.4 Å². The number of aromatic nitrogens is 1. The number of amides is 1. The van der Waals surface area contributed by atoms with Crippen LogP contribution in [0.1, 0.15) is 11.1 Å². The van der Waals surface area contributed by atoms with Crippen molar-refractivity contribution in [1.29, 1.82) is 0 Å². The number of para-hydroxylation sites is 1. The normalized spacial score (nSPS) is 11.7. The van der Waals surface area contributed by atoms with Gasteiger partial charge in [0.25, 0.3) is 0 Å². The average molecular weight is 381 g/mol. The third kappa shape index (κ3) is 4.45. The summed E-state index contributed by atoms with van der Waals surface area (Å²) in [6.07, 6.45) is 5.52. The van der Waals surface area contributed by atoms with Gasteiger partial charge in [-0.2, -0.15) is 0 Å². The third-order valence-electron chi connectivity index (χ3n) is 4.00. The fraction of sp³-hybridized carbons (Fsp3) is 0.0500. The monoisotopic (exact) mass is 381 g/mol. The van der Waals surface area contributed by atoms with Crippen molar-refractivity contribution in [3.63, 3.8) is 0 Å². The highest BCUT2D eigenvalue weighted by molar-refractivity contribution is 7.89. The molecular formula is C20H19N3O3S. The number of nitrogens with zero attached hydrogens (tertiary/aromatic N) is 1.